The van der Waals surface area contributed by atoms with Gasteiger partial charge in [0.2, 0.25) is 5.89 Å². The van der Waals surface area contributed by atoms with Crippen molar-refractivity contribution < 1.29 is 9.32 Å². The molecule has 0 aliphatic carbocycles. The van der Waals surface area contributed by atoms with Crippen LogP contribution in [0.3, 0.4) is 0 Å². The number of carbonyl (C=O) groups is 1. The maximum Gasteiger partial charge on any atom is 0.255 e. The number of fused-ring (bicyclic) bond motifs is 1. The maximum absolute atomic E-state index is 13.6. The summed E-state index contributed by atoms with van der Waals surface area (Å²) in [7, 11) is 0. The molecule has 1 amide bonds. The van der Waals surface area contributed by atoms with Crippen molar-refractivity contribution in [3.05, 3.63) is 59.0 Å². The third-order valence-corrected chi connectivity index (χ3v) is 5.37. The number of hydrogen-bond donors (Lipinski definition) is 1. The minimum absolute atomic E-state index is 0.109. The van der Waals surface area contributed by atoms with Gasteiger partial charge < -0.3 is 9.42 Å². The van der Waals surface area contributed by atoms with Crippen molar-refractivity contribution in [1.29, 1.82) is 0 Å². The zero-order valence-electron chi connectivity index (χ0n) is 15.6. The third kappa shape index (κ3) is 3.15. The van der Waals surface area contributed by atoms with Crippen molar-refractivity contribution in [2.45, 2.75) is 25.8 Å². The Kier molecular flexibility index (Phi) is 4.28. The molecule has 0 saturated carbocycles. The van der Waals surface area contributed by atoms with E-state index in [0.717, 1.165) is 18.4 Å². The first-order chi connectivity index (χ1) is 14.1. The van der Waals surface area contributed by atoms with Crippen LogP contribution in [0.25, 0.3) is 22.2 Å². The molecule has 1 saturated heterocycles. The number of rotatable bonds is 3. The SMILES string of the molecule is Cc1noc(C2CCCN2C(=O)c2cc(-c3cn[nH]c3)nc3ccc(Cl)cc23)n1. The summed E-state index contributed by atoms with van der Waals surface area (Å²) in [5.41, 5.74) is 2.71. The first-order valence-electron chi connectivity index (χ1n) is 9.31. The van der Waals surface area contributed by atoms with Gasteiger partial charge in [0.1, 0.15) is 6.04 Å². The molecule has 1 N–H and O–H groups in total. The number of hydrogen-bond acceptors (Lipinski definition) is 6. The van der Waals surface area contributed by atoms with Crippen LogP contribution >= 0.6 is 11.6 Å². The predicted octanol–water partition coefficient (Wildman–Crippen LogP) is 3.95. The van der Waals surface area contributed by atoms with Gasteiger partial charge in [0.15, 0.2) is 5.82 Å². The molecule has 0 spiro atoms. The van der Waals surface area contributed by atoms with Gasteiger partial charge in [-0.2, -0.15) is 10.1 Å². The molecule has 1 aromatic carbocycles. The lowest BCUT2D eigenvalue weighted by Crippen LogP contribution is -2.31. The summed E-state index contributed by atoms with van der Waals surface area (Å²) in [6, 6.07) is 6.92. The average Bonchev–Trinajstić information content (AvgIpc) is 3.47. The summed E-state index contributed by atoms with van der Waals surface area (Å²) in [6.07, 6.45) is 5.08. The fourth-order valence-corrected chi connectivity index (χ4v) is 3.96. The lowest BCUT2D eigenvalue weighted by atomic mass is 10.0. The van der Waals surface area contributed by atoms with Gasteiger partial charge in [-0.1, -0.05) is 16.8 Å². The van der Waals surface area contributed by atoms with Gasteiger partial charge in [-0.25, -0.2) is 4.98 Å². The minimum Gasteiger partial charge on any atom is -0.337 e. The Morgan fingerprint density at radius 3 is 2.97 bits per heavy atom. The van der Waals surface area contributed by atoms with Crippen LogP contribution in [0, 0.1) is 6.92 Å². The largest absolute Gasteiger partial charge is 0.337 e. The molecule has 8 nitrogen and oxygen atoms in total. The number of aromatic nitrogens is 5. The molecule has 4 aromatic rings. The van der Waals surface area contributed by atoms with Crippen LogP contribution in [0.1, 0.15) is 41.0 Å². The Balaban J connectivity index is 1.62. The second-order valence-corrected chi connectivity index (χ2v) is 7.48. The Morgan fingerprint density at radius 2 is 2.21 bits per heavy atom. The molecule has 1 unspecified atom stereocenters. The third-order valence-electron chi connectivity index (χ3n) is 5.14. The van der Waals surface area contributed by atoms with Crippen molar-refractivity contribution in [2.24, 2.45) is 0 Å². The number of nitrogens with zero attached hydrogens (tertiary/aromatic N) is 5. The number of aromatic amines is 1. The summed E-state index contributed by atoms with van der Waals surface area (Å²) >= 11 is 6.22. The maximum atomic E-state index is 13.6. The van der Waals surface area contributed by atoms with Crippen LogP contribution in [0.4, 0.5) is 0 Å². The lowest BCUT2D eigenvalue weighted by molar-refractivity contribution is 0.0712. The number of aryl methyl sites for hydroxylation is 1. The van der Waals surface area contributed by atoms with Crippen LogP contribution in [-0.4, -0.2) is 42.7 Å². The molecule has 1 aliphatic heterocycles. The van der Waals surface area contributed by atoms with E-state index in [1.54, 1.807) is 42.4 Å². The fourth-order valence-electron chi connectivity index (χ4n) is 3.78. The Bertz CT molecular complexity index is 1200. The standard InChI is InChI=1S/C20H17ClN6O2/c1-11-24-19(29-26-11)18-3-2-6-27(18)20(28)15-8-17(12-9-22-23-10-12)25-16-5-4-13(21)7-14(15)16/h4-5,7-10,18H,2-3,6H2,1H3,(H,22,23). The van der Waals surface area contributed by atoms with Crippen LogP contribution in [0.2, 0.25) is 5.02 Å². The summed E-state index contributed by atoms with van der Waals surface area (Å²) in [5, 5.41) is 11.9. The van der Waals surface area contributed by atoms with Crippen molar-refractivity contribution in [3.8, 4) is 11.3 Å². The van der Waals surface area contributed by atoms with Crippen LogP contribution in [-0.2, 0) is 0 Å². The quantitative estimate of drug-likeness (QED) is 0.550. The topological polar surface area (TPSA) is 101 Å². The highest BCUT2D eigenvalue weighted by atomic mass is 35.5. The van der Waals surface area contributed by atoms with Gasteiger partial charge >= 0.3 is 0 Å². The van der Waals surface area contributed by atoms with Crippen molar-refractivity contribution in [3.63, 3.8) is 0 Å². The number of likely N-dealkylation sites (tertiary alicyclic amines) is 1. The molecule has 5 rings (SSSR count). The van der Waals surface area contributed by atoms with Crippen LogP contribution in [0.5, 0.6) is 0 Å². The zero-order valence-corrected chi connectivity index (χ0v) is 16.3. The number of carbonyl (C=O) groups excluding carboxylic acids is 1. The predicted molar refractivity (Wildman–Crippen MR) is 106 cm³/mol. The van der Waals surface area contributed by atoms with E-state index in [1.165, 1.54) is 0 Å². The smallest absolute Gasteiger partial charge is 0.255 e. The average molecular weight is 409 g/mol. The van der Waals surface area contributed by atoms with Gasteiger partial charge in [0.25, 0.3) is 5.91 Å². The van der Waals surface area contributed by atoms with E-state index < -0.39 is 0 Å². The molecule has 146 valence electrons. The monoisotopic (exact) mass is 408 g/mol. The first kappa shape index (κ1) is 17.8. The van der Waals surface area contributed by atoms with E-state index in [0.29, 0.717) is 45.4 Å². The number of nitrogens with one attached hydrogen (secondary N) is 1. The van der Waals surface area contributed by atoms with Crippen LogP contribution < -0.4 is 0 Å². The van der Waals surface area contributed by atoms with Gasteiger partial charge in [0.05, 0.1) is 23.0 Å². The molecular weight excluding hydrogens is 392 g/mol. The molecule has 0 radical (unpaired) electrons. The van der Waals surface area contributed by atoms with Crippen molar-refractivity contribution >= 4 is 28.4 Å². The molecule has 0 bridgehead atoms. The molecule has 29 heavy (non-hydrogen) atoms. The minimum atomic E-state index is -0.233. The Labute approximate surface area is 170 Å². The lowest BCUT2D eigenvalue weighted by Gasteiger charge is -2.23. The van der Waals surface area contributed by atoms with Crippen LogP contribution in [0.15, 0.2) is 41.2 Å². The van der Waals surface area contributed by atoms with Gasteiger partial charge in [-0.15, -0.1) is 0 Å². The summed E-state index contributed by atoms with van der Waals surface area (Å²) < 4.78 is 5.35. The van der Waals surface area contributed by atoms with E-state index in [4.69, 9.17) is 16.1 Å². The molecular formula is C20H17ClN6O2. The molecule has 4 heterocycles. The van der Waals surface area contributed by atoms with E-state index in [2.05, 4.69) is 25.3 Å². The Morgan fingerprint density at radius 1 is 1.31 bits per heavy atom. The highest BCUT2D eigenvalue weighted by Gasteiger charge is 2.35. The van der Waals surface area contributed by atoms with E-state index >= 15 is 0 Å². The fraction of sp³-hybridized carbons (Fsp3) is 0.250. The number of amides is 1. The Hall–Kier alpha value is -3.26. The van der Waals surface area contributed by atoms with Crippen molar-refractivity contribution in [2.75, 3.05) is 6.54 Å². The molecule has 3 aromatic heterocycles. The second kappa shape index (κ2) is 6.97. The summed E-state index contributed by atoms with van der Waals surface area (Å²) in [4.78, 5) is 24.4. The number of pyridine rings is 1. The molecule has 1 atom stereocenters. The number of halogens is 1. The molecule has 1 aliphatic rings. The first-order valence-corrected chi connectivity index (χ1v) is 9.68. The zero-order chi connectivity index (χ0) is 20.0. The highest BCUT2D eigenvalue weighted by Crippen LogP contribution is 2.34. The second-order valence-electron chi connectivity index (χ2n) is 7.04. The van der Waals surface area contributed by atoms with E-state index in [1.807, 2.05) is 6.07 Å². The highest BCUT2D eigenvalue weighted by molar-refractivity contribution is 6.31. The number of benzene rings is 1. The molecule has 1 fully saturated rings. The van der Waals surface area contributed by atoms with Gasteiger partial charge in [-0.05, 0) is 44.0 Å². The van der Waals surface area contributed by atoms with Gasteiger partial charge in [0, 0.05) is 28.7 Å². The van der Waals surface area contributed by atoms with E-state index in [-0.39, 0.29) is 11.9 Å². The van der Waals surface area contributed by atoms with E-state index in [9.17, 15) is 4.79 Å². The number of H-pyrrole nitrogens is 1. The normalized spacial score (nSPS) is 16.6. The summed E-state index contributed by atoms with van der Waals surface area (Å²) in [5.74, 6) is 0.922. The van der Waals surface area contributed by atoms with Gasteiger partial charge in [-0.3, -0.25) is 9.89 Å². The molecule has 9 heteroatoms. The summed E-state index contributed by atoms with van der Waals surface area (Å²) in [6.45, 7) is 2.39. The van der Waals surface area contributed by atoms with Crippen molar-refractivity contribution in [1.82, 2.24) is 30.2 Å².